The molecule has 3 aromatic rings. The van der Waals surface area contributed by atoms with Crippen LogP contribution in [0.4, 0.5) is 29.3 Å². The lowest BCUT2D eigenvalue weighted by Crippen LogP contribution is -2.39. The Morgan fingerprint density at radius 3 is 2.53 bits per heavy atom. The minimum Gasteiger partial charge on any atom is -0.330 e. The molecule has 1 aliphatic heterocycles. The summed E-state index contributed by atoms with van der Waals surface area (Å²) >= 11 is 0. The van der Waals surface area contributed by atoms with Crippen molar-refractivity contribution in [1.82, 2.24) is 19.9 Å². The molecule has 1 aliphatic rings. The van der Waals surface area contributed by atoms with Crippen molar-refractivity contribution in [3.05, 3.63) is 77.5 Å². The zero-order valence-electron chi connectivity index (χ0n) is 16.8. The van der Waals surface area contributed by atoms with Crippen LogP contribution in [0.2, 0.25) is 0 Å². The number of hydrogen-bond acceptors (Lipinski definition) is 5. The van der Waals surface area contributed by atoms with Gasteiger partial charge in [-0.05, 0) is 61.7 Å². The van der Waals surface area contributed by atoms with Gasteiger partial charge in [-0.3, -0.25) is 4.79 Å². The van der Waals surface area contributed by atoms with E-state index in [9.17, 15) is 22.4 Å². The normalized spacial score (nSPS) is 16.6. The van der Waals surface area contributed by atoms with E-state index >= 15 is 0 Å². The summed E-state index contributed by atoms with van der Waals surface area (Å²) < 4.78 is 52.1. The number of amides is 1. The van der Waals surface area contributed by atoms with Gasteiger partial charge in [0.25, 0.3) is 5.91 Å². The maximum absolute atomic E-state index is 13.2. The number of halogens is 4. The fourth-order valence-corrected chi connectivity index (χ4v) is 3.65. The van der Waals surface area contributed by atoms with Crippen molar-refractivity contribution in [2.75, 3.05) is 11.9 Å². The van der Waals surface area contributed by atoms with Crippen LogP contribution < -0.4 is 5.32 Å². The number of rotatable bonds is 4. The zero-order chi connectivity index (χ0) is 22.7. The molecule has 32 heavy (non-hydrogen) atoms. The average molecular weight is 445 g/mol. The molecule has 0 radical (unpaired) electrons. The van der Waals surface area contributed by atoms with E-state index in [1.165, 1.54) is 30.5 Å². The second kappa shape index (κ2) is 8.89. The van der Waals surface area contributed by atoms with Crippen LogP contribution in [0.15, 0.2) is 54.9 Å². The third kappa shape index (κ3) is 4.84. The predicted octanol–water partition coefficient (Wildman–Crippen LogP) is 5.14. The summed E-state index contributed by atoms with van der Waals surface area (Å²) in [5.74, 6) is -0.622. The smallest absolute Gasteiger partial charge is 0.330 e. The number of nitrogens with one attached hydrogen (secondary N) is 1. The Balaban J connectivity index is 1.57. The first-order valence-electron chi connectivity index (χ1n) is 10.0. The first-order valence-corrected chi connectivity index (χ1v) is 10.0. The van der Waals surface area contributed by atoms with E-state index in [-0.39, 0.29) is 23.7 Å². The van der Waals surface area contributed by atoms with Gasteiger partial charge < -0.3 is 10.2 Å². The van der Waals surface area contributed by atoms with Crippen LogP contribution in [0.1, 0.15) is 46.9 Å². The van der Waals surface area contributed by atoms with E-state index in [1.54, 1.807) is 11.0 Å². The second-order valence-corrected chi connectivity index (χ2v) is 7.37. The van der Waals surface area contributed by atoms with Crippen LogP contribution in [0.5, 0.6) is 0 Å². The summed E-state index contributed by atoms with van der Waals surface area (Å²) in [5.41, 5.74) is 0.0954. The lowest BCUT2D eigenvalue weighted by atomic mass is 9.98. The summed E-state index contributed by atoms with van der Waals surface area (Å²) in [4.78, 5) is 27.1. The average Bonchev–Trinajstić information content (AvgIpc) is 2.79. The Morgan fingerprint density at radius 1 is 1.03 bits per heavy atom. The number of piperidine rings is 1. The molecule has 166 valence electrons. The summed E-state index contributed by atoms with van der Waals surface area (Å²) in [7, 11) is 0. The quantitative estimate of drug-likeness (QED) is 0.563. The molecule has 0 aliphatic carbocycles. The van der Waals surface area contributed by atoms with Crippen molar-refractivity contribution in [1.29, 1.82) is 0 Å². The highest BCUT2D eigenvalue weighted by Crippen LogP contribution is 2.32. The fraction of sp³-hybridized carbons (Fsp3) is 0.273. The number of aromatic nitrogens is 3. The topological polar surface area (TPSA) is 71.0 Å². The molecule has 0 bridgehead atoms. The van der Waals surface area contributed by atoms with Gasteiger partial charge in [0.15, 0.2) is 0 Å². The Kier molecular flexibility index (Phi) is 6.02. The molecule has 1 saturated heterocycles. The Labute approximate surface area is 181 Å². The Bertz CT molecular complexity index is 1100. The molecule has 3 heterocycles. The molecule has 2 aromatic heterocycles. The van der Waals surface area contributed by atoms with Gasteiger partial charge in [-0.25, -0.2) is 19.3 Å². The van der Waals surface area contributed by atoms with Gasteiger partial charge in [-0.2, -0.15) is 13.2 Å². The number of hydrogen-bond donors (Lipinski definition) is 1. The maximum atomic E-state index is 13.2. The number of nitrogens with zero attached hydrogens (tertiary/aromatic N) is 4. The first kappa shape index (κ1) is 21.7. The van der Waals surface area contributed by atoms with Gasteiger partial charge in [0.05, 0.1) is 17.3 Å². The molecule has 0 spiro atoms. The Morgan fingerprint density at radius 2 is 1.78 bits per heavy atom. The number of carbonyl (C=O) groups is 1. The predicted molar refractivity (Wildman–Crippen MR) is 109 cm³/mol. The molecule has 1 fully saturated rings. The van der Waals surface area contributed by atoms with E-state index in [0.717, 1.165) is 31.2 Å². The summed E-state index contributed by atoms with van der Waals surface area (Å²) in [6.45, 7) is 0.517. The Hall–Kier alpha value is -3.56. The molecular formula is C22H19F4N5O. The molecule has 10 heteroatoms. The second-order valence-electron chi connectivity index (χ2n) is 7.37. The number of likely N-dealkylation sites (tertiary alicyclic amines) is 1. The van der Waals surface area contributed by atoms with E-state index in [1.807, 2.05) is 0 Å². The van der Waals surface area contributed by atoms with Crippen LogP contribution in [-0.2, 0) is 6.18 Å². The molecule has 1 aromatic carbocycles. The highest BCUT2D eigenvalue weighted by Gasteiger charge is 2.31. The molecule has 1 atom stereocenters. The molecule has 1 amide bonds. The third-order valence-electron chi connectivity index (χ3n) is 5.20. The zero-order valence-corrected chi connectivity index (χ0v) is 16.8. The van der Waals surface area contributed by atoms with Crippen molar-refractivity contribution in [2.24, 2.45) is 0 Å². The minimum atomic E-state index is -4.49. The molecule has 0 saturated carbocycles. The molecular weight excluding hydrogens is 426 g/mol. The lowest BCUT2D eigenvalue weighted by Gasteiger charge is -2.35. The van der Waals surface area contributed by atoms with Crippen LogP contribution in [0.25, 0.3) is 0 Å². The van der Waals surface area contributed by atoms with E-state index in [2.05, 4.69) is 20.3 Å². The molecule has 6 nitrogen and oxygen atoms in total. The molecule has 4 rings (SSSR count). The molecule has 0 unspecified atom stereocenters. The minimum absolute atomic E-state index is 0.0418. The summed E-state index contributed by atoms with van der Waals surface area (Å²) in [5, 5.41) is 2.70. The number of pyridine rings is 1. The van der Waals surface area contributed by atoms with Crippen molar-refractivity contribution in [3.8, 4) is 0 Å². The largest absolute Gasteiger partial charge is 0.416 e. The number of carbonyl (C=O) groups excluding carboxylic acids is 1. The van der Waals surface area contributed by atoms with Crippen LogP contribution >= 0.6 is 0 Å². The van der Waals surface area contributed by atoms with E-state index in [0.29, 0.717) is 24.2 Å². The van der Waals surface area contributed by atoms with Crippen molar-refractivity contribution < 1.29 is 22.4 Å². The van der Waals surface area contributed by atoms with E-state index in [4.69, 9.17) is 0 Å². The SMILES string of the molecule is O=C(c1ccc(F)cc1)N1CCCC[C@@H]1c1ccnc(Nc2cc(C(F)(F)F)ccn2)n1. The highest BCUT2D eigenvalue weighted by molar-refractivity contribution is 5.94. The standard InChI is InChI=1S/C22H19F4N5O/c23-16-6-4-14(5-7-16)20(32)31-12-2-1-3-18(31)17-9-11-28-21(29-17)30-19-13-15(8-10-27-19)22(24,25)26/h4-11,13,18H,1-3,12H2,(H,27,28,29,30)/t18-/m1/s1. The van der Waals surface area contributed by atoms with Gasteiger partial charge in [0.2, 0.25) is 5.95 Å². The van der Waals surface area contributed by atoms with Gasteiger partial charge >= 0.3 is 6.18 Å². The fourth-order valence-electron chi connectivity index (χ4n) is 3.65. The van der Waals surface area contributed by atoms with Gasteiger partial charge in [-0.15, -0.1) is 0 Å². The van der Waals surface area contributed by atoms with Gasteiger partial charge in [0, 0.05) is 24.5 Å². The summed E-state index contributed by atoms with van der Waals surface area (Å²) in [6, 6.07) is 8.45. The van der Waals surface area contributed by atoms with Crippen molar-refractivity contribution in [3.63, 3.8) is 0 Å². The monoisotopic (exact) mass is 445 g/mol. The summed E-state index contributed by atoms with van der Waals surface area (Å²) in [6.07, 6.45) is 0.427. The van der Waals surface area contributed by atoms with Gasteiger partial charge in [-0.1, -0.05) is 0 Å². The maximum Gasteiger partial charge on any atom is 0.416 e. The van der Waals surface area contributed by atoms with Crippen molar-refractivity contribution in [2.45, 2.75) is 31.5 Å². The number of anilines is 2. The van der Waals surface area contributed by atoms with Crippen LogP contribution in [0.3, 0.4) is 0 Å². The van der Waals surface area contributed by atoms with Crippen molar-refractivity contribution >= 4 is 17.7 Å². The number of alkyl halides is 3. The van der Waals surface area contributed by atoms with Crippen LogP contribution in [-0.4, -0.2) is 32.3 Å². The lowest BCUT2D eigenvalue weighted by molar-refractivity contribution is -0.137. The van der Waals surface area contributed by atoms with E-state index < -0.39 is 17.6 Å². The molecule has 1 N–H and O–H groups in total. The third-order valence-corrected chi connectivity index (χ3v) is 5.20. The van der Waals surface area contributed by atoms with Gasteiger partial charge in [0.1, 0.15) is 11.6 Å². The van der Waals surface area contributed by atoms with Crippen LogP contribution in [0, 0.1) is 5.82 Å². The first-order chi connectivity index (χ1) is 15.3. The highest BCUT2D eigenvalue weighted by atomic mass is 19.4. The number of benzene rings is 1.